The third kappa shape index (κ3) is 2.35. The molecule has 4 heteroatoms. The van der Waals surface area contributed by atoms with Gasteiger partial charge in [0.25, 0.3) is 0 Å². The molecule has 2 aliphatic heterocycles. The van der Waals surface area contributed by atoms with Gasteiger partial charge in [-0.15, -0.1) is 12.4 Å². The normalized spacial score (nSPS) is 33.5. The summed E-state index contributed by atoms with van der Waals surface area (Å²) >= 11 is 0. The van der Waals surface area contributed by atoms with Crippen LogP contribution in [0.4, 0.5) is 0 Å². The van der Waals surface area contributed by atoms with Gasteiger partial charge in [0, 0.05) is 19.0 Å². The van der Waals surface area contributed by atoms with E-state index in [0.29, 0.717) is 5.92 Å². The molecule has 2 aliphatic rings. The second-order valence-electron chi connectivity index (χ2n) is 3.64. The Balaban J connectivity index is 0.000000845. The molecule has 0 aromatic heterocycles. The number of nitrogens with zero attached hydrogens (tertiary/aromatic N) is 2. The van der Waals surface area contributed by atoms with Crippen LogP contribution < -0.4 is 0 Å². The van der Waals surface area contributed by atoms with Gasteiger partial charge in [0.05, 0.1) is 5.71 Å². The van der Waals surface area contributed by atoms with E-state index in [1.807, 2.05) is 0 Å². The number of hydrogen-bond acceptors (Lipinski definition) is 3. The molecule has 0 aliphatic carbocycles. The van der Waals surface area contributed by atoms with Gasteiger partial charge in [-0.1, -0.05) is 12.1 Å². The van der Waals surface area contributed by atoms with Crippen LogP contribution in [0.2, 0.25) is 0 Å². The van der Waals surface area contributed by atoms with Crippen molar-refractivity contribution in [1.82, 2.24) is 4.90 Å². The van der Waals surface area contributed by atoms with Crippen molar-refractivity contribution in [3.05, 3.63) is 0 Å². The molecule has 2 rings (SSSR count). The number of halogens is 1. The van der Waals surface area contributed by atoms with Crippen LogP contribution in [0.15, 0.2) is 5.16 Å². The summed E-state index contributed by atoms with van der Waals surface area (Å²) in [6.07, 6.45) is 2.33. The first-order valence-corrected chi connectivity index (χ1v) is 4.81. The van der Waals surface area contributed by atoms with E-state index in [9.17, 15) is 0 Å². The molecule has 2 bridgehead atoms. The second-order valence-corrected chi connectivity index (χ2v) is 3.64. The zero-order valence-electron chi connectivity index (χ0n) is 8.03. The number of piperidine rings is 1. The van der Waals surface area contributed by atoms with E-state index in [4.69, 9.17) is 4.84 Å². The number of rotatable bonds is 3. The third-order valence-electron chi connectivity index (χ3n) is 2.61. The summed E-state index contributed by atoms with van der Waals surface area (Å²) in [7, 11) is 0. The van der Waals surface area contributed by atoms with Crippen molar-refractivity contribution < 1.29 is 4.84 Å². The first kappa shape index (κ1) is 10.8. The van der Waals surface area contributed by atoms with Crippen LogP contribution in [-0.4, -0.2) is 36.9 Å². The van der Waals surface area contributed by atoms with E-state index in [-0.39, 0.29) is 12.4 Å². The minimum absolute atomic E-state index is 0. The monoisotopic (exact) mass is 204 g/mol. The molecular weight excluding hydrogens is 188 g/mol. The number of hydrogen-bond donors (Lipinski definition) is 0. The molecular formula is C9H17ClN2O. The Morgan fingerprint density at radius 3 is 3.00 bits per heavy atom. The second kappa shape index (κ2) is 4.82. The Kier molecular flexibility index (Phi) is 4.00. The first-order valence-electron chi connectivity index (χ1n) is 4.81. The fourth-order valence-electron chi connectivity index (χ4n) is 1.93. The molecule has 2 atom stereocenters. The van der Waals surface area contributed by atoms with Crippen LogP contribution in [0, 0.1) is 5.92 Å². The van der Waals surface area contributed by atoms with Crippen molar-refractivity contribution in [2.75, 3.05) is 26.2 Å². The van der Waals surface area contributed by atoms with Crippen molar-refractivity contribution in [2.24, 2.45) is 11.1 Å². The van der Waals surface area contributed by atoms with Crippen LogP contribution in [0.5, 0.6) is 0 Å². The lowest BCUT2D eigenvalue weighted by Crippen LogP contribution is -2.23. The highest BCUT2D eigenvalue weighted by atomic mass is 35.5. The molecule has 2 saturated heterocycles. The van der Waals surface area contributed by atoms with Crippen LogP contribution >= 0.6 is 12.4 Å². The van der Waals surface area contributed by atoms with Gasteiger partial charge in [0.15, 0.2) is 0 Å². The van der Waals surface area contributed by atoms with E-state index in [1.54, 1.807) is 0 Å². The van der Waals surface area contributed by atoms with E-state index >= 15 is 0 Å². The summed E-state index contributed by atoms with van der Waals surface area (Å²) in [4.78, 5) is 7.62. The topological polar surface area (TPSA) is 24.8 Å². The summed E-state index contributed by atoms with van der Waals surface area (Å²) in [5, 5.41) is 4.17. The standard InChI is InChI=1S/C9H16N2O.ClH/c1-2-5-12-10-9-7-11-4-3-8(9)6-11;/h8H,2-7H2,1H3;1H. The van der Waals surface area contributed by atoms with Gasteiger partial charge in [-0.25, -0.2) is 0 Å². The molecule has 0 amide bonds. The molecule has 2 heterocycles. The maximum atomic E-state index is 5.18. The van der Waals surface area contributed by atoms with Crippen molar-refractivity contribution >= 4 is 18.1 Å². The smallest absolute Gasteiger partial charge is 0.116 e. The minimum Gasteiger partial charge on any atom is -0.396 e. The highest BCUT2D eigenvalue weighted by molar-refractivity contribution is 5.91. The summed E-state index contributed by atoms with van der Waals surface area (Å²) in [6, 6.07) is 0. The highest BCUT2D eigenvalue weighted by Gasteiger charge is 2.35. The van der Waals surface area contributed by atoms with E-state index in [1.165, 1.54) is 25.2 Å². The van der Waals surface area contributed by atoms with Gasteiger partial charge in [0.2, 0.25) is 0 Å². The maximum Gasteiger partial charge on any atom is 0.116 e. The largest absolute Gasteiger partial charge is 0.396 e. The molecule has 0 aromatic carbocycles. The fourth-order valence-corrected chi connectivity index (χ4v) is 1.93. The predicted molar refractivity (Wildman–Crippen MR) is 55.5 cm³/mol. The van der Waals surface area contributed by atoms with Crippen LogP contribution in [0.3, 0.4) is 0 Å². The molecule has 0 radical (unpaired) electrons. The summed E-state index contributed by atoms with van der Waals surface area (Å²) < 4.78 is 0. The van der Waals surface area contributed by atoms with E-state index in [2.05, 4.69) is 17.0 Å². The zero-order chi connectivity index (χ0) is 8.39. The summed E-state index contributed by atoms with van der Waals surface area (Å²) in [6.45, 7) is 6.39. The minimum atomic E-state index is 0. The SMILES string of the molecule is CCCON=C1CN2CCC1C2.Cl. The van der Waals surface area contributed by atoms with Gasteiger partial charge in [-0.3, -0.25) is 4.90 Å². The van der Waals surface area contributed by atoms with Crippen molar-refractivity contribution in [1.29, 1.82) is 0 Å². The molecule has 76 valence electrons. The molecule has 13 heavy (non-hydrogen) atoms. The van der Waals surface area contributed by atoms with Crippen molar-refractivity contribution in [2.45, 2.75) is 19.8 Å². The van der Waals surface area contributed by atoms with Gasteiger partial charge in [-0.05, 0) is 19.4 Å². The van der Waals surface area contributed by atoms with Crippen LogP contribution in [0.1, 0.15) is 19.8 Å². The van der Waals surface area contributed by atoms with Crippen LogP contribution in [-0.2, 0) is 4.84 Å². The third-order valence-corrected chi connectivity index (χ3v) is 2.61. The zero-order valence-corrected chi connectivity index (χ0v) is 8.85. The Hall–Kier alpha value is -0.280. The lowest BCUT2D eigenvalue weighted by atomic mass is 10.0. The Labute approximate surface area is 85.5 Å². The molecule has 2 unspecified atom stereocenters. The average molecular weight is 205 g/mol. The Morgan fingerprint density at radius 1 is 1.62 bits per heavy atom. The number of fused-ring (bicyclic) bond motifs is 2. The molecule has 3 nitrogen and oxygen atoms in total. The Bertz CT molecular complexity index is 196. The van der Waals surface area contributed by atoms with Gasteiger partial charge in [-0.2, -0.15) is 0 Å². The van der Waals surface area contributed by atoms with Gasteiger partial charge in [0.1, 0.15) is 6.61 Å². The fraction of sp³-hybridized carbons (Fsp3) is 0.889. The Morgan fingerprint density at radius 2 is 2.46 bits per heavy atom. The van der Waals surface area contributed by atoms with Crippen molar-refractivity contribution in [3.8, 4) is 0 Å². The predicted octanol–water partition coefficient (Wildman–Crippen LogP) is 1.53. The van der Waals surface area contributed by atoms with E-state index in [0.717, 1.165) is 19.6 Å². The number of oxime groups is 1. The molecule has 0 spiro atoms. The quantitative estimate of drug-likeness (QED) is 0.515. The maximum absolute atomic E-state index is 5.18. The van der Waals surface area contributed by atoms with E-state index < -0.39 is 0 Å². The summed E-state index contributed by atoms with van der Waals surface area (Å²) in [5.74, 6) is 0.710. The molecule has 2 fully saturated rings. The lowest BCUT2D eigenvalue weighted by molar-refractivity contribution is 0.143. The van der Waals surface area contributed by atoms with Crippen LogP contribution in [0.25, 0.3) is 0 Å². The van der Waals surface area contributed by atoms with Crippen molar-refractivity contribution in [3.63, 3.8) is 0 Å². The molecule has 0 N–H and O–H groups in total. The summed E-state index contributed by atoms with van der Waals surface area (Å²) in [5.41, 5.74) is 1.27. The van der Waals surface area contributed by atoms with Gasteiger partial charge >= 0.3 is 0 Å². The lowest BCUT2D eigenvalue weighted by Gasteiger charge is -2.12. The van der Waals surface area contributed by atoms with Gasteiger partial charge < -0.3 is 4.84 Å². The molecule has 0 aromatic rings. The average Bonchev–Trinajstić information content (AvgIpc) is 2.65. The molecule has 0 saturated carbocycles. The first-order chi connectivity index (χ1) is 5.90. The highest BCUT2D eigenvalue weighted by Crippen LogP contribution is 2.25.